The number of aromatic nitrogens is 1. The average molecular weight is 272 g/mol. The van der Waals surface area contributed by atoms with E-state index in [-0.39, 0.29) is 10.8 Å². The Bertz CT molecular complexity index is 540. The second-order valence-corrected chi connectivity index (χ2v) is 4.18. The minimum absolute atomic E-state index is 0.238. The predicted molar refractivity (Wildman–Crippen MR) is 68.4 cm³/mol. The van der Waals surface area contributed by atoms with Crippen LogP contribution >= 0.6 is 23.2 Å². The zero-order valence-electron chi connectivity index (χ0n) is 8.55. The van der Waals surface area contributed by atoms with Gasteiger partial charge in [-0.1, -0.05) is 23.2 Å². The number of nitrogens with one attached hydrogen (secondary N) is 1. The highest BCUT2D eigenvalue weighted by Gasteiger charge is 2.05. The van der Waals surface area contributed by atoms with Crippen LogP contribution in [0.25, 0.3) is 0 Å². The van der Waals surface area contributed by atoms with Gasteiger partial charge >= 0.3 is 0 Å². The quantitative estimate of drug-likeness (QED) is 0.816. The Morgan fingerprint density at radius 1 is 1.18 bits per heavy atom. The van der Waals surface area contributed by atoms with Crippen molar-refractivity contribution in [2.75, 3.05) is 11.1 Å². The molecule has 0 aliphatic carbocycles. The molecule has 0 atom stereocenters. The van der Waals surface area contributed by atoms with Crippen LogP contribution in [0.1, 0.15) is 0 Å². The molecular weight excluding hydrogens is 264 g/mol. The van der Waals surface area contributed by atoms with E-state index in [0.29, 0.717) is 16.5 Å². The smallest absolute Gasteiger partial charge is 0.148 e. The molecule has 1 heterocycles. The van der Waals surface area contributed by atoms with Crippen LogP contribution in [0.15, 0.2) is 30.3 Å². The van der Waals surface area contributed by atoms with Gasteiger partial charge in [-0.15, -0.1) is 0 Å². The summed E-state index contributed by atoms with van der Waals surface area (Å²) in [7, 11) is 0. The van der Waals surface area contributed by atoms with Gasteiger partial charge in [-0.25, -0.2) is 9.37 Å². The lowest BCUT2D eigenvalue weighted by atomic mass is 10.3. The highest BCUT2D eigenvalue weighted by atomic mass is 35.5. The summed E-state index contributed by atoms with van der Waals surface area (Å²) in [5.74, 6) is -0.103. The van der Waals surface area contributed by atoms with Crippen molar-refractivity contribution in [1.29, 1.82) is 0 Å². The molecule has 0 aliphatic heterocycles. The average Bonchev–Trinajstić information content (AvgIpc) is 2.21. The highest BCUT2D eigenvalue weighted by molar-refractivity contribution is 6.30. The standard InChI is InChI=1S/C11H8Cl2FN3/c12-6-1-2-9(8(14)3-6)16-11-5-7(15)4-10(13)17-11/h1-5H,(H3,15,16,17). The van der Waals surface area contributed by atoms with Crippen LogP contribution < -0.4 is 11.1 Å². The van der Waals surface area contributed by atoms with Gasteiger partial charge < -0.3 is 11.1 Å². The number of hydrogen-bond donors (Lipinski definition) is 2. The number of rotatable bonds is 2. The van der Waals surface area contributed by atoms with E-state index < -0.39 is 5.82 Å². The van der Waals surface area contributed by atoms with Crippen molar-refractivity contribution >= 4 is 40.4 Å². The van der Waals surface area contributed by atoms with Gasteiger partial charge in [0, 0.05) is 16.8 Å². The lowest BCUT2D eigenvalue weighted by Gasteiger charge is -2.08. The Labute approximate surface area is 107 Å². The summed E-state index contributed by atoms with van der Waals surface area (Å²) in [4.78, 5) is 3.97. The number of hydrogen-bond acceptors (Lipinski definition) is 3. The molecule has 3 N–H and O–H groups in total. The SMILES string of the molecule is Nc1cc(Cl)nc(Nc2ccc(Cl)cc2F)c1. The number of nitrogen functional groups attached to an aromatic ring is 1. The molecule has 0 spiro atoms. The molecule has 0 aliphatic rings. The van der Waals surface area contributed by atoms with Crippen molar-refractivity contribution in [3.8, 4) is 0 Å². The summed E-state index contributed by atoms with van der Waals surface area (Å²) in [6.07, 6.45) is 0. The maximum Gasteiger partial charge on any atom is 0.148 e. The minimum atomic E-state index is -0.474. The molecule has 2 rings (SSSR count). The second-order valence-electron chi connectivity index (χ2n) is 3.36. The Balaban J connectivity index is 2.31. The van der Waals surface area contributed by atoms with Gasteiger partial charge in [-0.05, 0) is 24.3 Å². The number of benzene rings is 1. The second kappa shape index (κ2) is 4.77. The van der Waals surface area contributed by atoms with Crippen LogP contribution in [0.3, 0.4) is 0 Å². The molecule has 17 heavy (non-hydrogen) atoms. The van der Waals surface area contributed by atoms with Gasteiger partial charge in [-0.3, -0.25) is 0 Å². The van der Waals surface area contributed by atoms with E-state index in [2.05, 4.69) is 10.3 Å². The third-order valence-electron chi connectivity index (χ3n) is 2.01. The first-order valence-corrected chi connectivity index (χ1v) is 5.45. The summed E-state index contributed by atoms with van der Waals surface area (Å²) in [5.41, 5.74) is 6.30. The Hall–Kier alpha value is -1.52. The van der Waals surface area contributed by atoms with Crippen LogP contribution in [0, 0.1) is 5.82 Å². The van der Waals surface area contributed by atoms with Gasteiger partial charge in [0.2, 0.25) is 0 Å². The number of nitrogens with zero attached hydrogens (tertiary/aromatic N) is 1. The fourth-order valence-electron chi connectivity index (χ4n) is 1.31. The topological polar surface area (TPSA) is 50.9 Å². The van der Waals surface area contributed by atoms with Crippen molar-refractivity contribution in [3.63, 3.8) is 0 Å². The molecule has 0 fully saturated rings. The van der Waals surface area contributed by atoms with E-state index in [4.69, 9.17) is 28.9 Å². The molecule has 3 nitrogen and oxygen atoms in total. The zero-order valence-corrected chi connectivity index (χ0v) is 10.1. The molecule has 0 saturated carbocycles. The maximum atomic E-state index is 13.5. The van der Waals surface area contributed by atoms with Crippen molar-refractivity contribution in [2.24, 2.45) is 0 Å². The van der Waals surface area contributed by atoms with E-state index >= 15 is 0 Å². The Morgan fingerprint density at radius 2 is 1.94 bits per heavy atom. The first kappa shape index (κ1) is 12.0. The lowest BCUT2D eigenvalue weighted by molar-refractivity contribution is 0.632. The van der Waals surface area contributed by atoms with Crippen LogP contribution in [0.4, 0.5) is 21.6 Å². The Morgan fingerprint density at radius 3 is 2.59 bits per heavy atom. The largest absolute Gasteiger partial charge is 0.399 e. The van der Waals surface area contributed by atoms with Gasteiger partial charge in [0.15, 0.2) is 0 Å². The van der Waals surface area contributed by atoms with Gasteiger partial charge in [0.1, 0.15) is 16.8 Å². The molecule has 88 valence electrons. The normalized spacial score (nSPS) is 10.3. The van der Waals surface area contributed by atoms with Crippen LogP contribution in [-0.2, 0) is 0 Å². The van der Waals surface area contributed by atoms with Crippen LogP contribution in [0.2, 0.25) is 10.2 Å². The molecule has 0 saturated heterocycles. The molecule has 0 radical (unpaired) electrons. The van der Waals surface area contributed by atoms with Crippen molar-refractivity contribution < 1.29 is 4.39 Å². The molecule has 0 unspecified atom stereocenters. The molecular formula is C11H8Cl2FN3. The van der Waals surface area contributed by atoms with Gasteiger partial charge in [-0.2, -0.15) is 0 Å². The first-order chi connectivity index (χ1) is 8.04. The van der Waals surface area contributed by atoms with E-state index in [0.717, 1.165) is 0 Å². The van der Waals surface area contributed by atoms with Crippen LogP contribution in [0.5, 0.6) is 0 Å². The predicted octanol–water partition coefficient (Wildman–Crippen LogP) is 3.85. The monoisotopic (exact) mass is 271 g/mol. The summed E-state index contributed by atoms with van der Waals surface area (Å²) in [6, 6.07) is 7.35. The first-order valence-electron chi connectivity index (χ1n) is 4.70. The fourth-order valence-corrected chi connectivity index (χ4v) is 1.69. The van der Waals surface area contributed by atoms with Gasteiger partial charge in [0.05, 0.1) is 5.69 Å². The molecule has 1 aromatic carbocycles. The summed E-state index contributed by atoms with van der Waals surface area (Å²) < 4.78 is 13.5. The van der Waals surface area contributed by atoms with E-state index in [9.17, 15) is 4.39 Å². The molecule has 6 heteroatoms. The molecule has 2 aromatic rings. The van der Waals surface area contributed by atoms with Crippen molar-refractivity contribution in [2.45, 2.75) is 0 Å². The van der Waals surface area contributed by atoms with Crippen molar-refractivity contribution in [3.05, 3.63) is 46.3 Å². The van der Waals surface area contributed by atoms with Crippen molar-refractivity contribution in [1.82, 2.24) is 4.98 Å². The fraction of sp³-hybridized carbons (Fsp3) is 0. The van der Waals surface area contributed by atoms with Gasteiger partial charge in [0.25, 0.3) is 0 Å². The molecule has 1 aromatic heterocycles. The number of halogens is 3. The third-order valence-corrected chi connectivity index (χ3v) is 2.44. The lowest BCUT2D eigenvalue weighted by Crippen LogP contribution is -1.98. The number of nitrogens with two attached hydrogens (primary N) is 1. The zero-order chi connectivity index (χ0) is 12.4. The minimum Gasteiger partial charge on any atom is -0.399 e. The summed E-state index contributed by atoms with van der Waals surface area (Å²) in [5, 5.41) is 3.34. The highest BCUT2D eigenvalue weighted by Crippen LogP contribution is 2.24. The number of pyridine rings is 1. The van der Waals surface area contributed by atoms with E-state index in [1.165, 1.54) is 18.2 Å². The summed E-state index contributed by atoms with van der Waals surface area (Å²) >= 11 is 11.4. The summed E-state index contributed by atoms with van der Waals surface area (Å²) in [6.45, 7) is 0. The molecule has 0 amide bonds. The molecule has 0 bridgehead atoms. The third kappa shape index (κ3) is 2.99. The number of anilines is 3. The van der Waals surface area contributed by atoms with E-state index in [1.54, 1.807) is 12.1 Å². The Kier molecular flexibility index (Phi) is 3.36. The maximum absolute atomic E-state index is 13.5. The van der Waals surface area contributed by atoms with E-state index in [1.807, 2.05) is 0 Å². The van der Waals surface area contributed by atoms with Crippen LogP contribution in [-0.4, -0.2) is 4.98 Å².